The summed E-state index contributed by atoms with van der Waals surface area (Å²) in [5.41, 5.74) is 5.61. The maximum Gasteiger partial charge on any atom is 0.131 e. The number of thiophene rings is 1. The molecular formula is C9H15NO2S. The number of aliphatic hydroxyl groups excluding tert-OH is 1. The summed E-state index contributed by atoms with van der Waals surface area (Å²) in [5.74, 6) is 0.589. The molecule has 0 aliphatic heterocycles. The number of hydrogen-bond donors (Lipinski definition) is 3. The van der Waals surface area contributed by atoms with Gasteiger partial charge in [-0.3, -0.25) is 0 Å². The van der Waals surface area contributed by atoms with Crippen molar-refractivity contribution in [1.82, 2.24) is 0 Å². The molecule has 1 atom stereocenters. The highest BCUT2D eigenvalue weighted by atomic mass is 32.1. The van der Waals surface area contributed by atoms with Crippen LogP contribution < -0.4 is 5.73 Å². The molecular weight excluding hydrogens is 186 g/mol. The number of rotatable bonds is 3. The number of hydrogen-bond acceptors (Lipinski definition) is 4. The van der Waals surface area contributed by atoms with Gasteiger partial charge < -0.3 is 15.9 Å². The van der Waals surface area contributed by atoms with Gasteiger partial charge in [0.1, 0.15) is 5.75 Å². The molecule has 1 aromatic rings. The van der Waals surface area contributed by atoms with Crippen molar-refractivity contribution in [2.24, 2.45) is 5.73 Å². The van der Waals surface area contributed by atoms with Crippen LogP contribution in [0.25, 0.3) is 0 Å². The van der Waals surface area contributed by atoms with Gasteiger partial charge in [0.25, 0.3) is 0 Å². The summed E-state index contributed by atoms with van der Waals surface area (Å²) in [6, 6.07) is 1.26. The largest absolute Gasteiger partial charge is 0.507 e. The normalized spacial score (nSPS) is 13.6. The fourth-order valence-corrected chi connectivity index (χ4v) is 2.10. The second kappa shape index (κ2) is 4.09. The summed E-state index contributed by atoms with van der Waals surface area (Å²) in [5, 5.41) is 18.3. The van der Waals surface area contributed by atoms with Gasteiger partial charge in [-0.2, -0.15) is 0 Å². The molecule has 4 heteroatoms. The van der Waals surface area contributed by atoms with Crippen LogP contribution in [0.5, 0.6) is 5.75 Å². The first kappa shape index (κ1) is 10.5. The highest BCUT2D eigenvalue weighted by Crippen LogP contribution is 2.35. The predicted molar refractivity (Wildman–Crippen MR) is 54.1 cm³/mol. The molecule has 0 fully saturated rings. The van der Waals surface area contributed by atoms with E-state index in [-0.39, 0.29) is 12.4 Å². The molecule has 3 nitrogen and oxygen atoms in total. The molecule has 0 aliphatic carbocycles. The van der Waals surface area contributed by atoms with Crippen LogP contribution >= 0.6 is 11.3 Å². The predicted octanol–water partition coefficient (Wildman–Crippen LogP) is 1.57. The third-order valence-corrected chi connectivity index (χ3v) is 3.42. The zero-order chi connectivity index (χ0) is 10.0. The Balaban J connectivity index is 2.96. The fourth-order valence-electron chi connectivity index (χ4n) is 1.05. The molecule has 1 aromatic heterocycles. The molecule has 1 unspecified atom stereocenters. The van der Waals surface area contributed by atoms with Crippen LogP contribution in [0.2, 0.25) is 0 Å². The Bertz CT molecular complexity index is 283. The van der Waals surface area contributed by atoms with E-state index in [2.05, 4.69) is 13.8 Å². The highest BCUT2D eigenvalue weighted by molar-refractivity contribution is 7.12. The SMILES string of the molecule is CC(C)c1cc(O)c(C(N)CO)s1. The van der Waals surface area contributed by atoms with Gasteiger partial charge in [-0.15, -0.1) is 11.3 Å². The third-order valence-electron chi connectivity index (χ3n) is 1.86. The Morgan fingerprint density at radius 3 is 2.54 bits per heavy atom. The smallest absolute Gasteiger partial charge is 0.131 e. The lowest BCUT2D eigenvalue weighted by Crippen LogP contribution is -2.12. The zero-order valence-corrected chi connectivity index (χ0v) is 8.64. The van der Waals surface area contributed by atoms with Crippen molar-refractivity contribution < 1.29 is 10.2 Å². The molecule has 0 radical (unpaired) electrons. The average Bonchev–Trinajstić information content (AvgIpc) is 2.46. The van der Waals surface area contributed by atoms with Crippen LogP contribution in [0.1, 0.15) is 35.6 Å². The first-order valence-corrected chi connectivity index (χ1v) is 5.07. The van der Waals surface area contributed by atoms with E-state index in [1.807, 2.05) is 0 Å². The number of aliphatic hydroxyl groups is 1. The molecule has 0 bridgehead atoms. The first-order valence-electron chi connectivity index (χ1n) is 4.25. The standard InChI is InChI=1S/C9H15NO2S/c1-5(2)8-3-7(12)9(13-8)6(10)4-11/h3,5-6,11-12H,4,10H2,1-2H3. The second-order valence-corrected chi connectivity index (χ2v) is 4.46. The van der Waals surface area contributed by atoms with Crippen molar-refractivity contribution in [3.63, 3.8) is 0 Å². The van der Waals surface area contributed by atoms with E-state index in [0.29, 0.717) is 10.8 Å². The lowest BCUT2D eigenvalue weighted by atomic mass is 10.2. The summed E-state index contributed by atoms with van der Waals surface area (Å²) in [6.07, 6.45) is 0. The van der Waals surface area contributed by atoms with E-state index < -0.39 is 6.04 Å². The van der Waals surface area contributed by atoms with Crippen LogP contribution in [-0.4, -0.2) is 16.8 Å². The Morgan fingerprint density at radius 1 is 1.54 bits per heavy atom. The molecule has 13 heavy (non-hydrogen) atoms. The molecule has 0 saturated carbocycles. The van der Waals surface area contributed by atoms with Crippen molar-refractivity contribution >= 4 is 11.3 Å². The van der Waals surface area contributed by atoms with E-state index in [1.165, 1.54) is 11.3 Å². The minimum atomic E-state index is -0.461. The van der Waals surface area contributed by atoms with Gasteiger partial charge in [0.05, 0.1) is 17.5 Å². The average molecular weight is 201 g/mol. The Kier molecular flexibility index (Phi) is 3.30. The summed E-state index contributed by atoms with van der Waals surface area (Å²) in [6.45, 7) is 3.98. The Morgan fingerprint density at radius 2 is 2.15 bits per heavy atom. The van der Waals surface area contributed by atoms with E-state index in [4.69, 9.17) is 10.8 Å². The van der Waals surface area contributed by atoms with Gasteiger partial charge in [-0.05, 0) is 12.0 Å². The molecule has 0 aliphatic rings. The first-order chi connectivity index (χ1) is 6.06. The van der Waals surface area contributed by atoms with Gasteiger partial charge in [-0.25, -0.2) is 0 Å². The Hall–Kier alpha value is -0.580. The molecule has 1 heterocycles. The maximum absolute atomic E-state index is 9.50. The van der Waals surface area contributed by atoms with Gasteiger partial charge in [-0.1, -0.05) is 13.8 Å². The van der Waals surface area contributed by atoms with Crippen LogP contribution in [0.4, 0.5) is 0 Å². The van der Waals surface area contributed by atoms with Crippen LogP contribution in [0.3, 0.4) is 0 Å². The zero-order valence-electron chi connectivity index (χ0n) is 7.82. The van der Waals surface area contributed by atoms with E-state index in [0.717, 1.165) is 4.88 Å². The number of nitrogens with two attached hydrogens (primary N) is 1. The van der Waals surface area contributed by atoms with Crippen LogP contribution in [0.15, 0.2) is 6.07 Å². The maximum atomic E-state index is 9.50. The molecule has 4 N–H and O–H groups in total. The van der Waals surface area contributed by atoms with Gasteiger partial charge in [0, 0.05) is 4.88 Å². The summed E-state index contributed by atoms with van der Waals surface area (Å²) in [7, 11) is 0. The highest BCUT2D eigenvalue weighted by Gasteiger charge is 2.15. The summed E-state index contributed by atoms with van der Waals surface area (Å²) >= 11 is 1.47. The summed E-state index contributed by atoms with van der Waals surface area (Å²) in [4.78, 5) is 1.77. The van der Waals surface area contributed by atoms with Gasteiger partial charge in [0.15, 0.2) is 0 Å². The number of aromatic hydroxyl groups is 1. The van der Waals surface area contributed by atoms with Crippen molar-refractivity contribution in [2.45, 2.75) is 25.8 Å². The van der Waals surface area contributed by atoms with Crippen LogP contribution in [-0.2, 0) is 0 Å². The molecule has 0 saturated heterocycles. The van der Waals surface area contributed by atoms with Crippen molar-refractivity contribution in [2.75, 3.05) is 6.61 Å². The lowest BCUT2D eigenvalue weighted by Gasteiger charge is -2.04. The molecule has 74 valence electrons. The van der Waals surface area contributed by atoms with Crippen molar-refractivity contribution in [1.29, 1.82) is 0 Å². The van der Waals surface area contributed by atoms with Crippen molar-refractivity contribution in [3.05, 3.63) is 15.8 Å². The van der Waals surface area contributed by atoms with E-state index in [1.54, 1.807) is 6.07 Å². The third kappa shape index (κ3) is 2.21. The van der Waals surface area contributed by atoms with Gasteiger partial charge >= 0.3 is 0 Å². The summed E-state index contributed by atoms with van der Waals surface area (Å²) < 4.78 is 0. The quantitative estimate of drug-likeness (QED) is 0.695. The van der Waals surface area contributed by atoms with Crippen LogP contribution in [0, 0.1) is 0 Å². The molecule has 0 spiro atoms. The fraction of sp³-hybridized carbons (Fsp3) is 0.556. The molecule has 0 amide bonds. The van der Waals surface area contributed by atoms with Gasteiger partial charge in [0.2, 0.25) is 0 Å². The van der Waals surface area contributed by atoms with E-state index in [9.17, 15) is 5.11 Å². The second-order valence-electron chi connectivity index (χ2n) is 3.34. The lowest BCUT2D eigenvalue weighted by molar-refractivity contribution is 0.267. The Labute approximate surface area is 81.8 Å². The minimum Gasteiger partial charge on any atom is -0.507 e. The molecule has 0 aromatic carbocycles. The molecule has 1 rings (SSSR count). The van der Waals surface area contributed by atoms with E-state index >= 15 is 0 Å². The minimum absolute atomic E-state index is 0.133. The monoisotopic (exact) mass is 201 g/mol. The van der Waals surface area contributed by atoms with Crippen molar-refractivity contribution in [3.8, 4) is 5.75 Å². The topological polar surface area (TPSA) is 66.5 Å².